The van der Waals surface area contributed by atoms with E-state index >= 15 is 0 Å². The lowest BCUT2D eigenvalue weighted by Gasteiger charge is -2.17. The largest absolute Gasteiger partial charge is 0.534 e. The Balaban J connectivity index is 2.70. The second-order valence-corrected chi connectivity index (χ2v) is 6.72. The molecule has 10 heteroatoms. The first-order chi connectivity index (χ1) is 12.0. The molecule has 0 spiro atoms. The molecule has 0 fully saturated rings. The molecular formula is C16H13F3O6S. The normalized spacial score (nSPS) is 11.9. The zero-order chi connectivity index (χ0) is 19.7. The van der Waals surface area contributed by atoms with E-state index in [0.717, 1.165) is 18.7 Å². The number of hydrogen-bond acceptors (Lipinski definition) is 6. The zero-order valence-electron chi connectivity index (χ0n) is 13.5. The first-order valence-corrected chi connectivity index (χ1v) is 8.39. The smallest absolute Gasteiger partial charge is 0.506 e. The van der Waals surface area contributed by atoms with E-state index in [-0.39, 0.29) is 11.8 Å². The fraction of sp³-hybridized carbons (Fsp3) is 0.188. The molecule has 140 valence electrons. The highest BCUT2D eigenvalue weighted by molar-refractivity contribution is 7.88. The minimum absolute atomic E-state index is 0.0171. The predicted molar refractivity (Wildman–Crippen MR) is 85.8 cm³/mol. The number of carbonyl (C=O) groups is 1. The first kappa shape index (κ1) is 19.6. The van der Waals surface area contributed by atoms with Crippen molar-refractivity contribution >= 4 is 16.4 Å². The van der Waals surface area contributed by atoms with Crippen molar-refractivity contribution in [1.29, 1.82) is 0 Å². The van der Waals surface area contributed by atoms with Gasteiger partial charge in [-0.25, -0.2) is 0 Å². The molecule has 2 rings (SSSR count). The van der Waals surface area contributed by atoms with Gasteiger partial charge in [-0.1, -0.05) is 29.8 Å². The van der Waals surface area contributed by atoms with Gasteiger partial charge in [0.15, 0.2) is 17.8 Å². The van der Waals surface area contributed by atoms with Crippen molar-refractivity contribution in [1.82, 2.24) is 0 Å². The number of aldehydes is 1. The molecule has 1 N–H and O–H groups in total. The molecule has 0 saturated heterocycles. The SMILES string of the molecule is COc1cc(-c2ccc(C)cc2)c(O)c(C=O)c1OS(=O)(=O)C(F)(F)F. The van der Waals surface area contributed by atoms with Gasteiger partial charge < -0.3 is 14.0 Å². The van der Waals surface area contributed by atoms with Gasteiger partial charge in [-0.05, 0) is 18.6 Å². The van der Waals surface area contributed by atoms with E-state index in [9.17, 15) is 31.5 Å². The van der Waals surface area contributed by atoms with Gasteiger partial charge in [0.05, 0.1) is 7.11 Å². The van der Waals surface area contributed by atoms with Gasteiger partial charge in [0.1, 0.15) is 11.3 Å². The summed E-state index contributed by atoms with van der Waals surface area (Å²) in [6.07, 6.45) is -0.0171. The Morgan fingerprint density at radius 1 is 1.15 bits per heavy atom. The Morgan fingerprint density at radius 2 is 1.73 bits per heavy atom. The van der Waals surface area contributed by atoms with Gasteiger partial charge in [0.25, 0.3) is 0 Å². The lowest BCUT2D eigenvalue weighted by molar-refractivity contribution is -0.0500. The van der Waals surface area contributed by atoms with Crippen molar-refractivity contribution in [2.24, 2.45) is 0 Å². The predicted octanol–water partition coefficient (Wildman–Crippen LogP) is 3.42. The van der Waals surface area contributed by atoms with Crippen LogP contribution in [-0.4, -0.2) is 32.4 Å². The lowest BCUT2D eigenvalue weighted by Crippen LogP contribution is -2.28. The highest BCUT2D eigenvalue weighted by atomic mass is 32.2. The Labute approximate surface area is 146 Å². The van der Waals surface area contributed by atoms with E-state index in [4.69, 9.17) is 4.74 Å². The minimum atomic E-state index is -6.07. The van der Waals surface area contributed by atoms with E-state index in [1.54, 1.807) is 24.3 Å². The van der Waals surface area contributed by atoms with Crippen LogP contribution in [0.4, 0.5) is 13.2 Å². The number of rotatable bonds is 5. The monoisotopic (exact) mass is 390 g/mol. The van der Waals surface area contributed by atoms with Gasteiger partial charge in [0, 0.05) is 5.56 Å². The Kier molecular flexibility index (Phi) is 5.17. The molecule has 0 saturated carbocycles. The number of benzene rings is 2. The molecule has 0 aliphatic carbocycles. The maximum Gasteiger partial charge on any atom is 0.534 e. The molecule has 0 unspecified atom stereocenters. The molecule has 2 aromatic rings. The van der Waals surface area contributed by atoms with E-state index in [2.05, 4.69) is 4.18 Å². The number of phenolic OH excluding ortho intramolecular Hbond substituents is 1. The molecule has 0 radical (unpaired) electrons. The first-order valence-electron chi connectivity index (χ1n) is 6.98. The summed E-state index contributed by atoms with van der Waals surface area (Å²) in [6.45, 7) is 1.82. The number of halogens is 3. The lowest BCUT2D eigenvalue weighted by atomic mass is 9.99. The molecule has 0 aromatic heterocycles. The van der Waals surface area contributed by atoms with Crippen LogP contribution in [0.3, 0.4) is 0 Å². The van der Waals surface area contributed by atoms with Crippen LogP contribution >= 0.6 is 0 Å². The molecule has 0 amide bonds. The summed E-state index contributed by atoms with van der Waals surface area (Å²) in [4.78, 5) is 11.3. The van der Waals surface area contributed by atoms with Crippen LogP contribution < -0.4 is 8.92 Å². The number of phenols is 1. The summed E-state index contributed by atoms with van der Waals surface area (Å²) in [7, 11) is -5.02. The molecule has 2 aromatic carbocycles. The topological polar surface area (TPSA) is 89.9 Å². The van der Waals surface area contributed by atoms with Crippen LogP contribution in [0, 0.1) is 6.92 Å². The van der Waals surface area contributed by atoms with Crippen LogP contribution in [0.25, 0.3) is 11.1 Å². The standard InChI is InChI=1S/C16H13F3O6S/c1-9-3-5-10(6-4-9)11-7-13(24-2)15(12(8-20)14(11)21)25-26(22,23)16(17,18)19/h3-8,21H,1-2H3. The van der Waals surface area contributed by atoms with Gasteiger partial charge in [-0.3, -0.25) is 4.79 Å². The van der Waals surface area contributed by atoms with Gasteiger partial charge in [-0.15, -0.1) is 0 Å². The number of hydrogen-bond donors (Lipinski definition) is 1. The Morgan fingerprint density at radius 3 is 2.19 bits per heavy atom. The number of alkyl halides is 3. The molecule has 0 atom stereocenters. The molecule has 6 nitrogen and oxygen atoms in total. The maximum atomic E-state index is 12.6. The average Bonchev–Trinajstić information content (AvgIpc) is 2.55. The van der Waals surface area contributed by atoms with E-state index in [1.165, 1.54) is 0 Å². The van der Waals surface area contributed by atoms with Crippen molar-refractivity contribution in [2.75, 3.05) is 7.11 Å². The average molecular weight is 390 g/mol. The van der Waals surface area contributed by atoms with Gasteiger partial charge in [0.2, 0.25) is 0 Å². The van der Waals surface area contributed by atoms with Crippen molar-refractivity contribution in [3.8, 4) is 28.4 Å². The third kappa shape index (κ3) is 3.59. The Hall–Kier alpha value is -2.75. The number of ether oxygens (including phenoxy) is 1. The summed E-state index contributed by atoms with van der Waals surface area (Å²) in [5.74, 6) is -2.25. The van der Waals surface area contributed by atoms with Crippen LogP contribution in [0.15, 0.2) is 30.3 Å². The summed E-state index contributed by atoms with van der Waals surface area (Å²) in [5, 5.41) is 10.3. The summed E-state index contributed by atoms with van der Waals surface area (Å²) >= 11 is 0. The molecule has 0 heterocycles. The number of methoxy groups -OCH3 is 1. The number of aryl methyl sites for hydroxylation is 1. The summed E-state index contributed by atoms with van der Waals surface area (Å²) in [6, 6.07) is 7.70. The molecule has 0 aliphatic rings. The summed E-state index contributed by atoms with van der Waals surface area (Å²) in [5.41, 5.74) is -5.11. The maximum absolute atomic E-state index is 12.6. The third-order valence-corrected chi connectivity index (χ3v) is 4.38. The molecular weight excluding hydrogens is 377 g/mol. The van der Waals surface area contributed by atoms with Crippen LogP contribution in [0.5, 0.6) is 17.2 Å². The fourth-order valence-corrected chi connectivity index (χ4v) is 2.59. The minimum Gasteiger partial charge on any atom is -0.506 e. The quantitative estimate of drug-likeness (QED) is 0.478. The van der Waals surface area contributed by atoms with Crippen LogP contribution in [0.1, 0.15) is 15.9 Å². The van der Waals surface area contributed by atoms with Crippen LogP contribution in [-0.2, 0) is 10.1 Å². The van der Waals surface area contributed by atoms with Crippen molar-refractivity contribution in [3.05, 3.63) is 41.5 Å². The second kappa shape index (κ2) is 6.87. The van der Waals surface area contributed by atoms with E-state index < -0.39 is 38.4 Å². The third-order valence-electron chi connectivity index (χ3n) is 3.43. The second-order valence-electron chi connectivity index (χ2n) is 5.18. The molecule has 0 aliphatic heterocycles. The number of carbonyl (C=O) groups excluding carboxylic acids is 1. The Bertz CT molecular complexity index is 934. The van der Waals surface area contributed by atoms with Gasteiger partial charge >= 0.3 is 15.6 Å². The zero-order valence-corrected chi connectivity index (χ0v) is 14.3. The van der Waals surface area contributed by atoms with Crippen molar-refractivity contribution in [2.45, 2.75) is 12.4 Å². The highest BCUT2D eigenvalue weighted by Gasteiger charge is 2.49. The van der Waals surface area contributed by atoms with Crippen molar-refractivity contribution in [3.63, 3.8) is 0 Å². The fourth-order valence-electron chi connectivity index (χ4n) is 2.11. The number of aromatic hydroxyl groups is 1. The van der Waals surface area contributed by atoms with Crippen molar-refractivity contribution < 1.29 is 40.4 Å². The van der Waals surface area contributed by atoms with E-state index in [1.807, 2.05) is 6.92 Å². The molecule has 0 bridgehead atoms. The van der Waals surface area contributed by atoms with Gasteiger partial charge in [-0.2, -0.15) is 21.6 Å². The summed E-state index contributed by atoms with van der Waals surface area (Å²) < 4.78 is 69.1. The van der Waals surface area contributed by atoms with Crippen LogP contribution in [0.2, 0.25) is 0 Å². The molecule has 26 heavy (non-hydrogen) atoms. The van der Waals surface area contributed by atoms with E-state index in [0.29, 0.717) is 5.56 Å². The highest BCUT2D eigenvalue weighted by Crippen LogP contribution is 2.45.